The maximum Gasteiger partial charge on any atom is 0.306 e. The minimum absolute atomic E-state index is 0.104. The Morgan fingerprint density at radius 1 is 0.276 bits per heavy atom. The molecule has 0 aliphatic carbocycles. The monoisotopic (exact) mass is 1050 g/mol. The van der Waals surface area contributed by atoms with Gasteiger partial charge in [0.2, 0.25) is 0 Å². The quantitative estimate of drug-likeness (QED) is 0.0261. The van der Waals surface area contributed by atoms with E-state index in [4.69, 9.17) is 14.2 Å². The van der Waals surface area contributed by atoms with Crippen molar-refractivity contribution in [1.29, 1.82) is 0 Å². The van der Waals surface area contributed by atoms with Crippen LogP contribution in [-0.4, -0.2) is 37.2 Å². The second kappa shape index (κ2) is 63.3. The molecule has 0 N–H and O–H groups in total. The summed E-state index contributed by atoms with van der Waals surface area (Å²) in [5.74, 6) is -0.974. The van der Waals surface area contributed by atoms with Crippen LogP contribution >= 0.6 is 0 Å². The lowest BCUT2D eigenvalue weighted by Gasteiger charge is -2.18. The molecule has 0 saturated carbocycles. The normalized spacial score (nSPS) is 12.9. The fourth-order valence-corrected chi connectivity index (χ4v) is 8.46. The van der Waals surface area contributed by atoms with Crippen LogP contribution in [0.15, 0.2) is 122 Å². The smallest absolute Gasteiger partial charge is 0.306 e. The van der Waals surface area contributed by atoms with Crippen LogP contribution in [0.5, 0.6) is 0 Å². The number of unbranched alkanes of at least 4 members (excludes halogenated alkanes) is 25. The van der Waals surface area contributed by atoms with E-state index in [1.807, 2.05) is 0 Å². The van der Waals surface area contributed by atoms with E-state index in [0.717, 1.165) is 109 Å². The zero-order valence-corrected chi connectivity index (χ0v) is 49.5. The third-order valence-corrected chi connectivity index (χ3v) is 13.2. The lowest BCUT2D eigenvalue weighted by atomic mass is 10.1. The van der Waals surface area contributed by atoms with Gasteiger partial charge in [-0.3, -0.25) is 14.4 Å². The van der Waals surface area contributed by atoms with E-state index in [1.165, 1.54) is 128 Å². The summed E-state index contributed by atoms with van der Waals surface area (Å²) >= 11 is 0. The summed E-state index contributed by atoms with van der Waals surface area (Å²) in [5, 5.41) is 0. The van der Waals surface area contributed by atoms with E-state index in [-0.39, 0.29) is 37.5 Å². The summed E-state index contributed by atoms with van der Waals surface area (Å²) in [6.07, 6.45) is 87.7. The average molecular weight is 1050 g/mol. The van der Waals surface area contributed by atoms with Gasteiger partial charge in [-0.2, -0.15) is 0 Å². The van der Waals surface area contributed by atoms with Crippen molar-refractivity contribution in [2.45, 2.75) is 290 Å². The van der Waals surface area contributed by atoms with Gasteiger partial charge in [-0.1, -0.05) is 258 Å². The van der Waals surface area contributed by atoms with Gasteiger partial charge in [0.1, 0.15) is 13.2 Å². The number of hydrogen-bond acceptors (Lipinski definition) is 6. The molecule has 1 atom stereocenters. The number of carbonyl (C=O) groups excluding carboxylic acids is 3. The van der Waals surface area contributed by atoms with E-state index < -0.39 is 6.10 Å². The van der Waals surface area contributed by atoms with E-state index in [9.17, 15) is 14.4 Å². The molecule has 6 nitrogen and oxygen atoms in total. The van der Waals surface area contributed by atoms with Gasteiger partial charge >= 0.3 is 17.9 Å². The summed E-state index contributed by atoms with van der Waals surface area (Å²) in [6.45, 7) is 6.45. The van der Waals surface area contributed by atoms with E-state index in [0.29, 0.717) is 19.3 Å². The van der Waals surface area contributed by atoms with Crippen LogP contribution in [0.2, 0.25) is 0 Å². The Morgan fingerprint density at radius 3 is 0.895 bits per heavy atom. The molecule has 0 radical (unpaired) electrons. The first-order chi connectivity index (χ1) is 37.5. The molecule has 0 amide bonds. The molecule has 0 aliphatic rings. The minimum Gasteiger partial charge on any atom is -0.462 e. The van der Waals surface area contributed by atoms with Crippen molar-refractivity contribution in [3.8, 4) is 0 Å². The van der Waals surface area contributed by atoms with Crippen molar-refractivity contribution >= 4 is 17.9 Å². The van der Waals surface area contributed by atoms with Crippen molar-refractivity contribution in [1.82, 2.24) is 0 Å². The van der Waals surface area contributed by atoms with Gasteiger partial charge in [0.05, 0.1) is 0 Å². The lowest BCUT2D eigenvalue weighted by Crippen LogP contribution is -2.30. The van der Waals surface area contributed by atoms with E-state index in [1.54, 1.807) is 0 Å². The molecule has 0 aromatic rings. The molecule has 0 rings (SSSR count). The highest BCUT2D eigenvalue weighted by Crippen LogP contribution is 2.15. The minimum atomic E-state index is -0.812. The van der Waals surface area contributed by atoms with Gasteiger partial charge in [0, 0.05) is 19.3 Å². The van der Waals surface area contributed by atoms with Gasteiger partial charge in [0.15, 0.2) is 6.10 Å². The Labute approximate surface area is 469 Å². The van der Waals surface area contributed by atoms with Crippen LogP contribution in [-0.2, 0) is 28.6 Å². The first-order valence-corrected chi connectivity index (χ1v) is 31.5. The Balaban J connectivity index is 4.51. The maximum absolute atomic E-state index is 12.9. The molecule has 0 saturated heterocycles. The predicted octanol–water partition coefficient (Wildman–Crippen LogP) is 21.6. The number of rotatable bonds is 56. The van der Waals surface area contributed by atoms with Crippen LogP contribution in [0.25, 0.3) is 0 Å². The van der Waals surface area contributed by atoms with E-state index >= 15 is 0 Å². The van der Waals surface area contributed by atoms with Crippen LogP contribution in [0.1, 0.15) is 284 Å². The lowest BCUT2D eigenvalue weighted by molar-refractivity contribution is -0.167. The molecule has 432 valence electrons. The third-order valence-electron chi connectivity index (χ3n) is 13.2. The Morgan fingerprint density at radius 2 is 0.526 bits per heavy atom. The molecule has 0 aliphatic heterocycles. The van der Waals surface area contributed by atoms with Crippen LogP contribution in [0, 0.1) is 0 Å². The molecular weight excluding hydrogens is 937 g/mol. The van der Waals surface area contributed by atoms with Crippen LogP contribution in [0.3, 0.4) is 0 Å². The fraction of sp³-hybridized carbons (Fsp3) is 0.671. The second-order valence-corrected chi connectivity index (χ2v) is 20.6. The maximum atomic E-state index is 12.9. The Hall–Kier alpha value is -4.19. The zero-order chi connectivity index (χ0) is 55.0. The number of allylic oxidation sites excluding steroid dienone is 20. The summed E-state index contributed by atoms with van der Waals surface area (Å²) in [7, 11) is 0. The Bertz CT molecular complexity index is 1590. The predicted molar refractivity (Wildman–Crippen MR) is 330 cm³/mol. The van der Waals surface area contributed by atoms with Crippen molar-refractivity contribution in [3.05, 3.63) is 122 Å². The third kappa shape index (κ3) is 60.7. The number of hydrogen-bond donors (Lipinski definition) is 0. The van der Waals surface area contributed by atoms with Gasteiger partial charge in [0.25, 0.3) is 0 Å². The topological polar surface area (TPSA) is 78.9 Å². The summed E-state index contributed by atoms with van der Waals surface area (Å²) in [5.41, 5.74) is 0. The van der Waals surface area contributed by atoms with Crippen molar-refractivity contribution in [2.75, 3.05) is 13.2 Å². The van der Waals surface area contributed by atoms with Crippen molar-refractivity contribution in [3.63, 3.8) is 0 Å². The van der Waals surface area contributed by atoms with Gasteiger partial charge in [-0.05, 0) is 128 Å². The molecule has 1 unspecified atom stereocenters. The molecule has 0 heterocycles. The Kier molecular flexibility index (Phi) is 59.9. The van der Waals surface area contributed by atoms with Crippen molar-refractivity contribution in [2.24, 2.45) is 0 Å². The molecule has 0 aromatic carbocycles. The van der Waals surface area contributed by atoms with Crippen LogP contribution < -0.4 is 0 Å². The summed E-state index contributed by atoms with van der Waals surface area (Å²) in [6, 6.07) is 0. The first kappa shape index (κ1) is 71.8. The number of esters is 3. The van der Waals surface area contributed by atoms with Gasteiger partial charge in [-0.15, -0.1) is 0 Å². The summed E-state index contributed by atoms with van der Waals surface area (Å²) in [4.78, 5) is 38.3. The SMILES string of the molecule is CC/C=C\C/C=C\C/C=C\C/C=C\C/C=C\C/C=C\C/C=C\CCCC(=O)OCC(COC(=O)CCCCCCC/C=C\CCCCCCCCC)OC(=O)CCCCCCCCCCC/C=C\C/C=C\CCCCC. The molecule has 0 aromatic heterocycles. The van der Waals surface area contributed by atoms with Gasteiger partial charge in [-0.25, -0.2) is 0 Å². The van der Waals surface area contributed by atoms with Crippen molar-refractivity contribution < 1.29 is 28.6 Å². The zero-order valence-electron chi connectivity index (χ0n) is 49.5. The first-order valence-electron chi connectivity index (χ1n) is 31.5. The molecule has 0 fully saturated rings. The second-order valence-electron chi connectivity index (χ2n) is 20.6. The van der Waals surface area contributed by atoms with E-state index in [2.05, 4.69) is 142 Å². The molecule has 6 heteroatoms. The standard InChI is InChI=1S/C70H116O6/c1-4-7-10-13-16-19-22-25-28-31-33-34-35-36-38-39-42-45-48-51-54-57-60-63-69(72)75-66-67(65-74-68(71)62-59-56-53-50-47-44-41-30-27-24-21-18-15-12-9-6-3)76-70(73)64-61-58-55-52-49-46-43-40-37-32-29-26-23-20-17-14-11-8-5-2/h7,10,16-17,19-20,25-26,28-30,33-34,36,38,41-42,45,51,54,67H,4-6,8-9,11-15,18,21-24,27,31-32,35,37,39-40,43-44,46-50,52-53,55-66H2,1-3H3/b10-7-,19-16-,20-17-,28-25-,29-26-,34-33-,38-36-,41-30-,45-42-,54-51-. The van der Waals surface area contributed by atoms with Gasteiger partial charge < -0.3 is 14.2 Å². The molecular formula is C70H116O6. The highest BCUT2D eigenvalue weighted by Gasteiger charge is 2.19. The highest BCUT2D eigenvalue weighted by atomic mass is 16.6. The number of carbonyl (C=O) groups is 3. The highest BCUT2D eigenvalue weighted by molar-refractivity contribution is 5.71. The average Bonchev–Trinajstić information content (AvgIpc) is 3.42. The molecule has 0 spiro atoms. The van der Waals surface area contributed by atoms with Crippen LogP contribution in [0.4, 0.5) is 0 Å². The molecule has 0 bridgehead atoms. The molecule has 76 heavy (non-hydrogen) atoms. The largest absolute Gasteiger partial charge is 0.462 e. The summed E-state index contributed by atoms with van der Waals surface area (Å²) < 4.78 is 16.9. The fourth-order valence-electron chi connectivity index (χ4n) is 8.46. The number of ether oxygens (including phenoxy) is 3.